The van der Waals surface area contributed by atoms with Gasteiger partial charge in [-0.2, -0.15) is 0 Å². The Morgan fingerprint density at radius 3 is 2.88 bits per heavy atom. The molecule has 130 valence electrons. The molecule has 7 heteroatoms. The molecule has 1 aromatic heterocycles. The predicted molar refractivity (Wildman–Crippen MR) is 93.3 cm³/mol. The van der Waals surface area contributed by atoms with Gasteiger partial charge in [-0.15, -0.1) is 0 Å². The lowest BCUT2D eigenvalue weighted by Gasteiger charge is -2.32. The summed E-state index contributed by atoms with van der Waals surface area (Å²) in [6, 6.07) is 3.77. The van der Waals surface area contributed by atoms with Crippen molar-refractivity contribution in [1.82, 2.24) is 4.98 Å². The van der Waals surface area contributed by atoms with Crippen LogP contribution < -0.4 is 9.80 Å². The summed E-state index contributed by atoms with van der Waals surface area (Å²) in [5.74, 6) is 1.59. The second-order valence-electron chi connectivity index (χ2n) is 5.88. The molecule has 7 nitrogen and oxygen atoms in total. The van der Waals surface area contributed by atoms with Gasteiger partial charge in [0.1, 0.15) is 12.0 Å². The van der Waals surface area contributed by atoms with Crippen molar-refractivity contribution >= 4 is 23.4 Å². The molecule has 0 fully saturated rings. The van der Waals surface area contributed by atoms with E-state index in [0.717, 1.165) is 24.5 Å². The number of carboxylic acid groups (broad SMARTS) is 1. The highest BCUT2D eigenvalue weighted by molar-refractivity contribution is 5.92. The Labute approximate surface area is 145 Å². The molecule has 0 bridgehead atoms. The molecule has 3 rings (SSSR count). The van der Waals surface area contributed by atoms with E-state index in [9.17, 15) is 14.7 Å². The van der Waals surface area contributed by atoms with Gasteiger partial charge < -0.3 is 19.6 Å². The second-order valence-corrected chi connectivity index (χ2v) is 5.88. The minimum Gasteiger partial charge on any atom is -0.478 e. The summed E-state index contributed by atoms with van der Waals surface area (Å²) in [7, 11) is 3.36. The third-order valence-corrected chi connectivity index (χ3v) is 4.42. The van der Waals surface area contributed by atoms with Crippen LogP contribution in [0.2, 0.25) is 0 Å². The molecule has 0 spiro atoms. The number of methoxy groups -OCH3 is 1. The number of hydrogen-bond donors (Lipinski definition) is 1. The van der Waals surface area contributed by atoms with Gasteiger partial charge in [-0.1, -0.05) is 0 Å². The first-order chi connectivity index (χ1) is 12.1. The van der Waals surface area contributed by atoms with Gasteiger partial charge in [0.25, 0.3) is 0 Å². The molecule has 0 saturated carbocycles. The molecule has 0 amide bonds. The van der Waals surface area contributed by atoms with Crippen molar-refractivity contribution < 1.29 is 19.4 Å². The van der Waals surface area contributed by atoms with Crippen LogP contribution in [0.3, 0.4) is 0 Å². The lowest BCUT2D eigenvalue weighted by atomic mass is 9.93. The topological polar surface area (TPSA) is 83.0 Å². The van der Waals surface area contributed by atoms with Crippen LogP contribution in [-0.4, -0.2) is 55.4 Å². The predicted octanol–water partition coefficient (Wildman–Crippen LogP) is 1.41. The number of carbonyl (C=O) groups excluding carboxylic acids is 1. The largest absolute Gasteiger partial charge is 0.478 e. The van der Waals surface area contributed by atoms with Crippen molar-refractivity contribution in [1.29, 1.82) is 0 Å². The van der Waals surface area contributed by atoms with Crippen molar-refractivity contribution in [3.8, 4) is 0 Å². The van der Waals surface area contributed by atoms with E-state index in [1.807, 2.05) is 30.0 Å². The van der Waals surface area contributed by atoms with Crippen LogP contribution >= 0.6 is 0 Å². The maximum absolute atomic E-state index is 11.7. The zero-order valence-electron chi connectivity index (χ0n) is 14.1. The van der Waals surface area contributed by atoms with Crippen LogP contribution in [0.5, 0.6) is 0 Å². The van der Waals surface area contributed by atoms with E-state index in [4.69, 9.17) is 4.74 Å². The number of nitrogens with zero attached hydrogens (tertiary/aromatic N) is 3. The third kappa shape index (κ3) is 2.95. The number of aliphatic carboxylic acids is 1. The summed E-state index contributed by atoms with van der Waals surface area (Å²) in [4.78, 5) is 31.6. The minimum atomic E-state index is -1.12. The molecule has 1 aromatic rings. The highest BCUT2D eigenvalue weighted by Gasteiger charge is 2.34. The van der Waals surface area contributed by atoms with Gasteiger partial charge in [0, 0.05) is 33.4 Å². The fourth-order valence-electron chi connectivity index (χ4n) is 3.24. The molecule has 0 radical (unpaired) electrons. The quantitative estimate of drug-likeness (QED) is 0.832. The SMILES string of the molecule is COC1C(=C=O)C(N2CCCN(C)c3ncccc32)=CC=C1C(=O)O. The Morgan fingerprint density at radius 2 is 2.20 bits per heavy atom. The van der Waals surface area contributed by atoms with E-state index in [1.165, 1.54) is 13.2 Å². The Morgan fingerprint density at radius 1 is 1.40 bits per heavy atom. The van der Waals surface area contributed by atoms with Gasteiger partial charge in [0.2, 0.25) is 0 Å². The monoisotopic (exact) mass is 341 g/mol. The Kier molecular flexibility index (Phi) is 4.70. The fourth-order valence-corrected chi connectivity index (χ4v) is 3.24. The van der Waals surface area contributed by atoms with E-state index in [-0.39, 0.29) is 11.1 Å². The number of carboxylic acids is 1. The molecule has 25 heavy (non-hydrogen) atoms. The zero-order chi connectivity index (χ0) is 18.0. The first kappa shape index (κ1) is 17.0. The van der Waals surface area contributed by atoms with Crippen LogP contribution in [0, 0.1) is 0 Å². The van der Waals surface area contributed by atoms with E-state index in [1.54, 1.807) is 12.3 Å². The van der Waals surface area contributed by atoms with Crippen molar-refractivity contribution in [2.75, 3.05) is 37.0 Å². The maximum atomic E-state index is 11.7. The molecule has 2 heterocycles. The Bertz CT molecular complexity index is 808. The van der Waals surface area contributed by atoms with Crippen molar-refractivity contribution in [3.05, 3.63) is 47.3 Å². The summed E-state index contributed by atoms with van der Waals surface area (Å²) < 4.78 is 5.29. The second kappa shape index (κ2) is 6.93. The molecule has 1 unspecified atom stereocenters. The highest BCUT2D eigenvalue weighted by Crippen LogP contribution is 2.36. The highest BCUT2D eigenvalue weighted by atomic mass is 16.5. The van der Waals surface area contributed by atoms with Crippen LogP contribution in [0.4, 0.5) is 11.5 Å². The van der Waals surface area contributed by atoms with Crippen molar-refractivity contribution in [3.63, 3.8) is 0 Å². The lowest BCUT2D eigenvalue weighted by Crippen LogP contribution is -2.33. The van der Waals surface area contributed by atoms with Crippen LogP contribution in [-0.2, 0) is 14.3 Å². The molecule has 1 N–H and O–H groups in total. The molecule has 0 aromatic carbocycles. The number of rotatable bonds is 3. The van der Waals surface area contributed by atoms with Gasteiger partial charge in [-0.3, -0.25) is 0 Å². The maximum Gasteiger partial charge on any atom is 0.334 e. The van der Waals surface area contributed by atoms with Crippen LogP contribution in [0.1, 0.15) is 6.42 Å². The van der Waals surface area contributed by atoms with E-state index in [0.29, 0.717) is 12.2 Å². The number of fused-ring (bicyclic) bond motifs is 1. The van der Waals surface area contributed by atoms with E-state index >= 15 is 0 Å². The number of anilines is 2. The summed E-state index contributed by atoms with van der Waals surface area (Å²) >= 11 is 0. The molecule has 1 atom stereocenters. The average molecular weight is 341 g/mol. The van der Waals surface area contributed by atoms with Gasteiger partial charge in [0.15, 0.2) is 5.82 Å². The van der Waals surface area contributed by atoms with Gasteiger partial charge in [0.05, 0.1) is 22.5 Å². The minimum absolute atomic E-state index is 0.0166. The smallest absolute Gasteiger partial charge is 0.334 e. The molecular weight excluding hydrogens is 322 g/mol. The Hall–Kier alpha value is -2.89. The number of pyridine rings is 1. The van der Waals surface area contributed by atoms with Gasteiger partial charge in [-0.25, -0.2) is 14.6 Å². The van der Waals surface area contributed by atoms with E-state index < -0.39 is 12.1 Å². The van der Waals surface area contributed by atoms with Crippen LogP contribution in [0.25, 0.3) is 0 Å². The number of aromatic nitrogens is 1. The molecule has 1 aliphatic heterocycles. The molecule has 1 aliphatic carbocycles. The Balaban J connectivity index is 2.13. The number of ether oxygens (including phenoxy) is 1. The first-order valence-corrected chi connectivity index (χ1v) is 7.95. The molecule has 0 saturated heterocycles. The summed E-state index contributed by atoms with van der Waals surface area (Å²) in [5.41, 5.74) is 1.66. The zero-order valence-corrected chi connectivity index (χ0v) is 14.1. The third-order valence-electron chi connectivity index (χ3n) is 4.42. The number of carbonyl (C=O) groups is 1. The van der Waals surface area contributed by atoms with Gasteiger partial charge in [-0.05, 0) is 30.7 Å². The summed E-state index contributed by atoms with van der Waals surface area (Å²) in [5, 5.41) is 9.34. The number of hydrogen-bond acceptors (Lipinski definition) is 6. The van der Waals surface area contributed by atoms with Gasteiger partial charge >= 0.3 is 5.97 Å². The standard InChI is InChI=1S/C18H19N3O4/c1-20-9-4-10-21(15-5-3-8-19-17(15)20)14-7-6-12(18(23)24)16(25-2)13(14)11-22/h3,5-8,16H,4,9-10H2,1-2H3,(H,23,24). The lowest BCUT2D eigenvalue weighted by molar-refractivity contribution is -0.133. The normalized spacial score (nSPS) is 20.2. The number of allylic oxidation sites excluding steroid dienone is 2. The summed E-state index contributed by atoms with van der Waals surface area (Å²) in [6.45, 7) is 1.50. The molecule has 2 aliphatic rings. The van der Waals surface area contributed by atoms with E-state index in [2.05, 4.69) is 9.88 Å². The van der Waals surface area contributed by atoms with Crippen LogP contribution in [0.15, 0.2) is 47.3 Å². The summed E-state index contributed by atoms with van der Waals surface area (Å²) in [6.07, 6.45) is 4.77. The molecular formula is C18H19N3O4. The van der Waals surface area contributed by atoms with Crippen molar-refractivity contribution in [2.45, 2.75) is 12.5 Å². The van der Waals surface area contributed by atoms with Crippen molar-refractivity contribution in [2.24, 2.45) is 0 Å². The average Bonchev–Trinajstić information content (AvgIpc) is 2.79. The fraction of sp³-hybridized carbons (Fsp3) is 0.333. The first-order valence-electron chi connectivity index (χ1n) is 7.95.